The summed E-state index contributed by atoms with van der Waals surface area (Å²) in [6.45, 7) is 0. The molecule has 1 heterocycles. The van der Waals surface area contributed by atoms with Gasteiger partial charge in [-0.2, -0.15) is 0 Å². The Bertz CT molecular complexity index is 801. The van der Waals surface area contributed by atoms with Crippen LogP contribution in [0.3, 0.4) is 0 Å². The highest BCUT2D eigenvalue weighted by atomic mass is 79.9. The van der Waals surface area contributed by atoms with Crippen molar-refractivity contribution >= 4 is 27.5 Å². The Kier molecular flexibility index (Phi) is 4.02. The number of rotatable bonds is 3. The van der Waals surface area contributed by atoms with Crippen LogP contribution < -0.4 is 4.90 Å². The molecule has 1 aromatic heterocycles. The summed E-state index contributed by atoms with van der Waals surface area (Å²) in [7, 11) is 1.72. The number of carbonyl (C=O) groups is 1. The van der Waals surface area contributed by atoms with Crippen LogP contribution in [0.15, 0.2) is 65.3 Å². The Hall–Kier alpha value is -2.47. The van der Waals surface area contributed by atoms with Gasteiger partial charge in [0.1, 0.15) is 0 Å². The molecule has 0 saturated heterocycles. The van der Waals surface area contributed by atoms with E-state index in [4.69, 9.17) is 0 Å². The number of nitrogens with zero attached hydrogens (tertiary/aromatic N) is 4. The maximum atomic E-state index is 12.5. The number of anilines is 1. The summed E-state index contributed by atoms with van der Waals surface area (Å²) in [4.78, 5) is 14.0. The lowest BCUT2D eigenvalue weighted by Gasteiger charge is -2.15. The standard InChI is InChI=1S/C16H13BrN4O/c1-20(12-7-3-2-4-8-12)16(22)14-11-21(19-18-14)15-10-6-5-9-13(15)17/h2-11H,1H3. The zero-order chi connectivity index (χ0) is 15.5. The molecule has 3 rings (SSSR count). The van der Waals surface area contributed by atoms with Crippen molar-refractivity contribution in [3.8, 4) is 5.69 Å². The highest BCUT2D eigenvalue weighted by Gasteiger charge is 2.17. The predicted molar refractivity (Wildman–Crippen MR) is 88.2 cm³/mol. The summed E-state index contributed by atoms with van der Waals surface area (Å²) < 4.78 is 2.46. The van der Waals surface area contributed by atoms with Crippen LogP contribution >= 0.6 is 15.9 Å². The molecule has 6 heteroatoms. The van der Waals surface area contributed by atoms with Gasteiger partial charge in [0.05, 0.1) is 11.9 Å². The fourth-order valence-corrected chi connectivity index (χ4v) is 2.52. The Labute approximate surface area is 136 Å². The molecule has 0 aliphatic carbocycles. The maximum Gasteiger partial charge on any atom is 0.280 e. The number of halogens is 1. The van der Waals surface area contributed by atoms with Gasteiger partial charge in [0.2, 0.25) is 0 Å². The zero-order valence-corrected chi connectivity index (χ0v) is 13.4. The molecule has 110 valence electrons. The monoisotopic (exact) mass is 356 g/mol. The van der Waals surface area contributed by atoms with E-state index >= 15 is 0 Å². The third-order valence-electron chi connectivity index (χ3n) is 3.26. The smallest absolute Gasteiger partial charge is 0.280 e. The molecule has 5 nitrogen and oxygen atoms in total. The van der Waals surface area contributed by atoms with E-state index in [0.717, 1.165) is 15.8 Å². The fraction of sp³-hybridized carbons (Fsp3) is 0.0625. The van der Waals surface area contributed by atoms with Gasteiger partial charge < -0.3 is 4.90 Å². The van der Waals surface area contributed by atoms with Crippen LogP contribution in [-0.2, 0) is 0 Å². The molecule has 0 aliphatic rings. The molecule has 22 heavy (non-hydrogen) atoms. The van der Waals surface area contributed by atoms with E-state index < -0.39 is 0 Å². The Morgan fingerprint density at radius 1 is 1.09 bits per heavy atom. The summed E-state index contributed by atoms with van der Waals surface area (Å²) in [5, 5.41) is 8.01. The van der Waals surface area contributed by atoms with Crippen LogP contribution in [-0.4, -0.2) is 27.9 Å². The molecular weight excluding hydrogens is 344 g/mol. The van der Waals surface area contributed by atoms with Crippen LogP contribution in [0, 0.1) is 0 Å². The van der Waals surface area contributed by atoms with Crippen molar-refractivity contribution in [2.75, 3.05) is 11.9 Å². The number of carbonyl (C=O) groups excluding carboxylic acids is 1. The van der Waals surface area contributed by atoms with Crippen LogP contribution in [0.4, 0.5) is 5.69 Å². The maximum absolute atomic E-state index is 12.5. The second-order valence-corrected chi connectivity index (χ2v) is 5.55. The van der Waals surface area contributed by atoms with E-state index in [2.05, 4.69) is 26.2 Å². The Morgan fingerprint density at radius 2 is 1.77 bits per heavy atom. The van der Waals surface area contributed by atoms with Gasteiger partial charge in [0.15, 0.2) is 5.69 Å². The largest absolute Gasteiger partial charge is 0.310 e. The van der Waals surface area contributed by atoms with E-state index in [1.165, 1.54) is 0 Å². The van der Waals surface area contributed by atoms with Crippen molar-refractivity contribution < 1.29 is 4.79 Å². The highest BCUT2D eigenvalue weighted by Crippen LogP contribution is 2.20. The van der Waals surface area contributed by atoms with Gasteiger partial charge in [-0.3, -0.25) is 4.79 Å². The molecule has 0 atom stereocenters. The molecule has 1 amide bonds. The van der Waals surface area contributed by atoms with Gasteiger partial charge in [0, 0.05) is 17.2 Å². The van der Waals surface area contributed by atoms with Crippen molar-refractivity contribution in [3.63, 3.8) is 0 Å². The highest BCUT2D eigenvalue weighted by molar-refractivity contribution is 9.10. The van der Waals surface area contributed by atoms with Gasteiger partial charge in [-0.15, -0.1) is 5.10 Å². The molecule has 0 aliphatic heterocycles. The third-order valence-corrected chi connectivity index (χ3v) is 3.93. The second kappa shape index (κ2) is 6.11. The number of hydrogen-bond acceptors (Lipinski definition) is 3. The lowest BCUT2D eigenvalue weighted by atomic mass is 10.3. The number of hydrogen-bond donors (Lipinski definition) is 0. The quantitative estimate of drug-likeness (QED) is 0.723. The summed E-state index contributed by atoms with van der Waals surface area (Å²) in [6.07, 6.45) is 1.63. The van der Waals surface area contributed by atoms with Crippen molar-refractivity contribution in [2.45, 2.75) is 0 Å². The molecule has 0 fully saturated rings. The number of amides is 1. The van der Waals surface area contributed by atoms with E-state index in [1.807, 2.05) is 54.6 Å². The summed E-state index contributed by atoms with van der Waals surface area (Å²) >= 11 is 3.46. The van der Waals surface area contributed by atoms with Crippen LogP contribution in [0.2, 0.25) is 0 Å². The van der Waals surface area contributed by atoms with Crippen LogP contribution in [0.25, 0.3) is 5.69 Å². The SMILES string of the molecule is CN(C(=O)c1cn(-c2ccccc2Br)nn1)c1ccccc1. The van der Waals surface area contributed by atoms with Gasteiger partial charge >= 0.3 is 0 Å². The fourth-order valence-electron chi connectivity index (χ4n) is 2.06. The number of benzene rings is 2. The molecule has 0 saturated carbocycles. The molecule has 0 spiro atoms. The zero-order valence-electron chi connectivity index (χ0n) is 11.8. The van der Waals surface area contributed by atoms with Gasteiger partial charge in [-0.25, -0.2) is 4.68 Å². The van der Waals surface area contributed by atoms with E-state index in [0.29, 0.717) is 5.69 Å². The molecular formula is C16H13BrN4O. The van der Waals surface area contributed by atoms with Crippen LogP contribution in [0.1, 0.15) is 10.5 Å². The predicted octanol–water partition coefficient (Wildman–Crippen LogP) is 3.31. The first-order chi connectivity index (χ1) is 10.7. The minimum atomic E-state index is -0.204. The molecule has 0 radical (unpaired) electrons. The Balaban J connectivity index is 1.88. The van der Waals surface area contributed by atoms with Gasteiger partial charge in [-0.1, -0.05) is 35.5 Å². The Morgan fingerprint density at radius 3 is 2.50 bits per heavy atom. The average molecular weight is 357 g/mol. The minimum Gasteiger partial charge on any atom is -0.310 e. The molecule has 3 aromatic rings. The van der Waals surface area contributed by atoms with E-state index in [9.17, 15) is 4.79 Å². The summed E-state index contributed by atoms with van der Waals surface area (Å²) in [5.74, 6) is -0.204. The van der Waals surface area contributed by atoms with Crippen molar-refractivity contribution in [2.24, 2.45) is 0 Å². The normalized spacial score (nSPS) is 10.5. The van der Waals surface area contributed by atoms with Crippen molar-refractivity contribution in [3.05, 3.63) is 71.0 Å². The first-order valence-electron chi connectivity index (χ1n) is 6.67. The van der Waals surface area contributed by atoms with Crippen molar-refractivity contribution in [1.29, 1.82) is 0 Å². The third kappa shape index (κ3) is 2.78. The van der Waals surface area contributed by atoms with Crippen LogP contribution in [0.5, 0.6) is 0 Å². The topological polar surface area (TPSA) is 51.0 Å². The van der Waals surface area contributed by atoms with E-state index in [1.54, 1.807) is 22.8 Å². The molecule has 0 unspecified atom stereocenters. The first-order valence-corrected chi connectivity index (χ1v) is 7.46. The van der Waals surface area contributed by atoms with Gasteiger partial charge in [-0.05, 0) is 40.2 Å². The van der Waals surface area contributed by atoms with Gasteiger partial charge in [0.25, 0.3) is 5.91 Å². The lowest BCUT2D eigenvalue weighted by Crippen LogP contribution is -2.26. The molecule has 0 bridgehead atoms. The first kappa shape index (κ1) is 14.5. The number of para-hydroxylation sites is 2. The minimum absolute atomic E-state index is 0.204. The lowest BCUT2D eigenvalue weighted by molar-refractivity contribution is 0.0988. The number of aromatic nitrogens is 3. The summed E-state index contributed by atoms with van der Waals surface area (Å²) in [6, 6.07) is 17.0. The summed E-state index contributed by atoms with van der Waals surface area (Å²) in [5.41, 5.74) is 1.93. The van der Waals surface area contributed by atoms with E-state index in [-0.39, 0.29) is 5.91 Å². The molecule has 0 N–H and O–H groups in total. The second-order valence-electron chi connectivity index (χ2n) is 4.70. The van der Waals surface area contributed by atoms with Crippen molar-refractivity contribution in [1.82, 2.24) is 15.0 Å². The average Bonchev–Trinajstić information content (AvgIpc) is 3.04. The molecule has 2 aromatic carbocycles.